The van der Waals surface area contributed by atoms with Crippen molar-refractivity contribution in [3.63, 3.8) is 0 Å². The predicted octanol–water partition coefficient (Wildman–Crippen LogP) is 5.51. The van der Waals surface area contributed by atoms with Gasteiger partial charge < -0.3 is 14.3 Å². The van der Waals surface area contributed by atoms with Crippen LogP contribution in [0.15, 0.2) is 62.9 Å². The number of methoxy groups -OCH3 is 1. The van der Waals surface area contributed by atoms with E-state index in [2.05, 4.69) is 18.6 Å². The Labute approximate surface area is 245 Å². The van der Waals surface area contributed by atoms with Crippen LogP contribution in [-0.4, -0.2) is 34.0 Å². The second-order valence-electron chi connectivity index (χ2n) is 8.67. The van der Waals surface area contributed by atoms with Crippen LogP contribution >= 0.6 is 0 Å². The second kappa shape index (κ2) is 16.1. The first-order chi connectivity index (χ1) is 20.3. The zero-order valence-corrected chi connectivity index (χ0v) is 25.0. The highest BCUT2D eigenvalue weighted by Crippen LogP contribution is 2.28. The maximum absolute atomic E-state index is 15.0. The summed E-state index contributed by atoms with van der Waals surface area (Å²) in [6, 6.07) is 10.6. The molecule has 4 rings (SSSR count). The van der Waals surface area contributed by atoms with Crippen LogP contribution in [0.1, 0.15) is 45.2 Å². The first-order valence-corrected chi connectivity index (χ1v) is 13.2. The lowest BCUT2D eigenvalue weighted by molar-refractivity contribution is -0.274. The minimum Gasteiger partial charge on any atom is -0.497 e. The molecule has 9 nitrogen and oxygen atoms in total. The summed E-state index contributed by atoms with van der Waals surface area (Å²) < 4.78 is 65.8. The summed E-state index contributed by atoms with van der Waals surface area (Å²) in [5.41, 5.74) is -3.18. The van der Waals surface area contributed by atoms with Crippen LogP contribution in [0.25, 0.3) is 16.7 Å². The summed E-state index contributed by atoms with van der Waals surface area (Å²) in [4.78, 5) is 47.5. The van der Waals surface area contributed by atoms with Crippen molar-refractivity contribution in [2.24, 2.45) is 7.05 Å². The van der Waals surface area contributed by atoms with Gasteiger partial charge in [-0.3, -0.25) is 18.7 Å². The van der Waals surface area contributed by atoms with Crippen LogP contribution in [0.3, 0.4) is 0 Å². The van der Waals surface area contributed by atoms with Gasteiger partial charge in [-0.2, -0.15) is 0 Å². The minimum atomic E-state index is -5.25. The van der Waals surface area contributed by atoms with Crippen molar-refractivity contribution in [1.29, 1.82) is 0 Å². The molecular formula is C30H35F4N3O6. The summed E-state index contributed by atoms with van der Waals surface area (Å²) >= 11 is 0. The summed E-state index contributed by atoms with van der Waals surface area (Å²) in [7, 11) is 2.60. The van der Waals surface area contributed by atoms with Crippen molar-refractivity contribution < 1.29 is 31.8 Å². The van der Waals surface area contributed by atoms with Crippen LogP contribution in [0, 0.1) is 12.7 Å². The number of aromatic nitrogens is 3. The van der Waals surface area contributed by atoms with E-state index >= 15 is 4.39 Å². The van der Waals surface area contributed by atoms with Gasteiger partial charge in [0.1, 0.15) is 29.4 Å². The van der Waals surface area contributed by atoms with E-state index in [1.165, 1.54) is 25.7 Å². The third kappa shape index (κ3) is 8.66. The second-order valence-corrected chi connectivity index (χ2v) is 8.67. The van der Waals surface area contributed by atoms with Crippen molar-refractivity contribution in [3.8, 4) is 17.2 Å². The van der Waals surface area contributed by atoms with Gasteiger partial charge in [0.2, 0.25) is 0 Å². The number of rotatable bonds is 5. The van der Waals surface area contributed by atoms with Gasteiger partial charge in [-0.05, 0) is 42.3 Å². The molecule has 0 saturated heterocycles. The zero-order chi connectivity index (χ0) is 33.1. The number of aryl methyl sites for hydroxylation is 2. The highest BCUT2D eigenvalue weighted by molar-refractivity contribution is 5.83. The molecule has 0 fully saturated rings. The third-order valence-corrected chi connectivity index (χ3v) is 5.54. The van der Waals surface area contributed by atoms with E-state index < -0.39 is 45.8 Å². The molecule has 13 heteroatoms. The lowest BCUT2D eigenvalue weighted by Gasteiger charge is -2.19. The van der Waals surface area contributed by atoms with Gasteiger partial charge >= 0.3 is 12.1 Å². The Morgan fingerprint density at radius 1 is 0.930 bits per heavy atom. The van der Waals surface area contributed by atoms with Gasteiger partial charge in [-0.15, -0.1) is 13.2 Å². The molecule has 0 bridgehead atoms. The molecule has 2 aromatic carbocycles. The maximum Gasteiger partial charge on any atom is 0.573 e. The van der Waals surface area contributed by atoms with Crippen molar-refractivity contribution in [2.45, 2.75) is 53.9 Å². The van der Waals surface area contributed by atoms with Crippen molar-refractivity contribution in [2.75, 3.05) is 7.11 Å². The summed E-state index contributed by atoms with van der Waals surface area (Å²) in [6.45, 7) is 11.5. The van der Waals surface area contributed by atoms with Crippen molar-refractivity contribution >= 4 is 17.8 Å². The molecular weight excluding hydrogens is 574 g/mol. The third-order valence-electron chi connectivity index (χ3n) is 5.54. The van der Waals surface area contributed by atoms with Crippen LogP contribution in [-0.2, 0) is 18.4 Å². The van der Waals surface area contributed by atoms with E-state index in [-0.39, 0.29) is 12.2 Å². The van der Waals surface area contributed by atoms with Gasteiger partial charge in [0.25, 0.3) is 11.1 Å². The number of hydrogen-bond acceptors (Lipinski definition) is 6. The number of ether oxygens (including phenoxy) is 2. The topological polar surface area (TPSA) is 102 Å². The molecule has 2 aromatic heterocycles. The lowest BCUT2D eigenvalue weighted by atomic mass is 10.2. The molecule has 0 radical (unpaired) electrons. The van der Waals surface area contributed by atoms with Crippen molar-refractivity contribution in [1.82, 2.24) is 13.7 Å². The zero-order valence-electron chi connectivity index (χ0n) is 25.0. The van der Waals surface area contributed by atoms with E-state index in [1.54, 1.807) is 31.2 Å². The molecule has 0 spiro atoms. The fourth-order valence-corrected chi connectivity index (χ4v) is 3.83. The lowest BCUT2D eigenvalue weighted by Crippen LogP contribution is -2.42. The molecule has 0 N–H and O–H groups in total. The number of fused-ring (bicyclic) bond motifs is 1. The minimum absolute atomic E-state index is 0.362. The summed E-state index contributed by atoms with van der Waals surface area (Å²) in [5, 5.41) is -0.720. The highest BCUT2D eigenvalue weighted by Gasteiger charge is 2.34. The van der Waals surface area contributed by atoms with Gasteiger partial charge in [-0.25, -0.2) is 13.8 Å². The van der Waals surface area contributed by atoms with Gasteiger partial charge in [-0.1, -0.05) is 52.3 Å². The van der Waals surface area contributed by atoms with E-state index in [1.807, 2.05) is 20.6 Å². The predicted molar refractivity (Wildman–Crippen MR) is 157 cm³/mol. The molecule has 0 amide bonds. The average Bonchev–Trinajstić information content (AvgIpc) is 2.96. The van der Waals surface area contributed by atoms with Crippen LogP contribution in [0.2, 0.25) is 0 Å². The Hall–Kier alpha value is -4.68. The number of benzene rings is 2. The van der Waals surface area contributed by atoms with Crippen LogP contribution in [0.4, 0.5) is 17.6 Å². The molecule has 0 aliphatic carbocycles. The average molecular weight is 610 g/mol. The standard InChI is InChI=1S/C24H19F4N3O5.C3H8.C2H6.CH2O/c1-13-4-9-17(16(25)10-13)31-21-20(18(36-24(26,27)28)11-19(32)29(21)2)22(33)30(23(31)34)12-14-5-7-15(35-3)8-6-14;1-3-2;2*1-2/h4-11H,12H2,1-3H3;3H2,1-2H3;1-2H3;1H2. The quantitative estimate of drug-likeness (QED) is 0.277. The van der Waals surface area contributed by atoms with Gasteiger partial charge in [0.15, 0.2) is 5.75 Å². The molecule has 0 aliphatic rings. The molecule has 43 heavy (non-hydrogen) atoms. The summed E-state index contributed by atoms with van der Waals surface area (Å²) in [6.07, 6.45) is -4.00. The number of halogens is 4. The first kappa shape index (κ1) is 36.3. The Balaban J connectivity index is 0.00000122. The number of carbonyl (C=O) groups is 1. The molecule has 4 aromatic rings. The molecule has 0 unspecified atom stereocenters. The fraction of sp³-hybridized carbons (Fsp3) is 0.333. The van der Waals surface area contributed by atoms with Crippen LogP contribution < -0.4 is 26.3 Å². The number of pyridine rings is 1. The smallest absolute Gasteiger partial charge is 0.497 e. The Morgan fingerprint density at radius 3 is 1.98 bits per heavy atom. The maximum atomic E-state index is 15.0. The highest BCUT2D eigenvalue weighted by atomic mass is 19.4. The number of nitrogens with zero attached hydrogens (tertiary/aromatic N) is 3. The Bertz CT molecular complexity index is 1690. The van der Waals surface area contributed by atoms with Crippen LogP contribution in [0.5, 0.6) is 11.5 Å². The summed E-state index contributed by atoms with van der Waals surface area (Å²) in [5.74, 6) is -1.49. The number of carbonyl (C=O) groups excluding carboxylic acids is 1. The Morgan fingerprint density at radius 2 is 1.49 bits per heavy atom. The molecule has 0 aliphatic heterocycles. The Kier molecular flexibility index (Phi) is 13.6. The SMILES string of the molecule is C=O.CC.CCC.COc1ccc(Cn2c(=O)c3c(OC(F)(F)F)cc(=O)n(C)c3n(-c3ccc(C)cc3F)c2=O)cc1. The van der Waals surface area contributed by atoms with Gasteiger partial charge in [0.05, 0.1) is 19.3 Å². The monoisotopic (exact) mass is 609 g/mol. The van der Waals surface area contributed by atoms with Gasteiger partial charge in [0, 0.05) is 13.1 Å². The molecule has 234 valence electrons. The van der Waals surface area contributed by atoms with E-state index in [4.69, 9.17) is 9.53 Å². The number of hydrogen-bond donors (Lipinski definition) is 0. The van der Waals surface area contributed by atoms with E-state index in [9.17, 15) is 27.6 Å². The molecule has 2 heterocycles. The normalized spacial score (nSPS) is 10.4. The molecule has 0 saturated carbocycles. The van der Waals surface area contributed by atoms with E-state index in [0.717, 1.165) is 17.7 Å². The largest absolute Gasteiger partial charge is 0.573 e. The van der Waals surface area contributed by atoms with Crippen molar-refractivity contribution in [3.05, 3.63) is 96.7 Å². The molecule has 0 atom stereocenters. The first-order valence-electron chi connectivity index (χ1n) is 13.2. The van der Waals surface area contributed by atoms with E-state index in [0.29, 0.717) is 32.1 Å². The fourth-order valence-electron chi connectivity index (χ4n) is 3.83. The number of alkyl halides is 3.